The first-order valence-electron chi connectivity index (χ1n) is 2.55. The van der Waals surface area contributed by atoms with Gasteiger partial charge < -0.3 is 9.47 Å². The number of carbonyl (C=O) groups is 1. The van der Waals surface area contributed by atoms with Crippen LogP contribution in [0.3, 0.4) is 0 Å². The van der Waals surface area contributed by atoms with E-state index in [0.717, 1.165) is 0 Å². The van der Waals surface area contributed by atoms with Gasteiger partial charge in [-0.15, -0.1) is 0 Å². The van der Waals surface area contributed by atoms with Crippen molar-refractivity contribution in [3.05, 3.63) is 20.2 Å². The Balaban J connectivity index is 3.47. The van der Waals surface area contributed by atoms with Crippen molar-refractivity contribution in [2.75, 3.05) is 13.5 Å². The van der Waals surface area contributed by atoms with E-state index in [9.17, 15) is 25.0 Å². The predicted molar refractivity (Wildman–Crippen MR) is 31.3 cm³/mol. The number of ether oxygens (including phenoxy) is 2. The first kappa shape index (κ1) is 10.1. The van der Waals surface area contributed by atoms with Gasteiger partial charge in [-0.3, -0.25) is 20.2 Å². The second-order valence-corrected chi connectivity index (χ2v) is 1.46. The van der Waals surface area contributed by atoms with Gasteiger partial charge in [-0.2, -0.15) is 0 Å². The first-order chi connectivity index (χ1) is 5.52. The maximum atomic E-state index is 10.2. The molecule has 0 unspecified atom stereocenters. The van der Waals surface area contributed by atoms with Gasteiger partial charge in [0.1, 0.15) is 0 Å². The third-order valence-electron chi connectivity index (χ3n) is 0.576. The summed E-state index contributed by atoms with van der Waals surface area (Å²) in [5.41, 5.74) is 0. The molecular formula is C3H4N2O7. The third-order valence-corrected chi connectivity index (χ3v) is 0.576. The molecule has 0 atom stereocenters. The molecular weight excluding hydrogens is 176 g/mol. The molecule has 9 nitrogen and oxygen atoms in total. The second kappa shape index (κ2) is 4.82. The minimum absolute atomic E-state index is 0.923. The van der Waals surface area contributed by atoms with Crippen LogP contribution in [-0.4, -0.2) is 29.5 Å². The molecule has 0 aromatic carbocycles. The summed E-state index contributed by atoms with van der Waals surface area (Å²) in [4.78, 5) is 27.5. The van der Waals surface area contributed by atoms with Crippen molar-refractivity contribution in [2.45, 2.75) is 0 Å². The van der Waals surface area contributed by atoms with Crippen LogP contribution in [0.5, 0.6) is 0 Å². The lowest BCUT2D eigenvalue weighted by molar-refractivity contribution is -0.530. The van der Waals surface area contributed by atoms with Crippen molar-refractivity contribution in [3.63, 3.8) is 0 Å². The van der Waals surface area contributed by atoms with Crippen molar-refractivity contribution >= 4 is 6.16 Å². The van der Waals surface area contributed by atoms with Crippen LogP contribution < -0.4 is 0 Å². The largest absolute Gasteiger partial charge is 0.518 e. The number of hydrogen-bond acceptors (Lipinski definition) is 7. The van der Waals surface area contributed by atoms with Gasteiger partial charge in [-0.05, 0) is 0 Å². The van der Waals surface area contributed by atoms with E-state index in [4.69, 9.17) is 0 Å². The fourth-order valence-electron chi connectivity index (χ4n) is 0.252. The van der Waals surface area contributed by atoms with E-state index < -0.39 is 29.5 Å². The molecule has 0 aliphatic rings. The quantitative estimate of drug-likeness (QED) is 0.249. The highest BCUT2D eigenvalue weighted by atomic mass is 16.8. The van der Waals surface area contributed by atoms with Crippen LogP contribution in [0.25, 0.3) is 0 Å². The molecule has 0 saturated heterocycles. The molecule has 12 heavy (non-hydrogen) atoms. The summed E-state index contributed by atoms with van der Waals surface area (Å²) in [6.07, 6.45) is -1.44. The number of nitro groups is 2. The first-order valence-corrected chi connectivity index (χ1v) is 2.55. The van der Waals surface area contributed by atoms with Crippen molar-refractivity contribution in [3.8, 4) is 0 Å². The molecule has 0 spiro atoms. The van der Waals surface area contributed by atoms with Crippen LogP contribution in [0, 0.1) is 20.2 Å². The zero-order valence-electron chi connectivity index (χ0n) is 5.67. The molecule has 0 bridgehead atoms. The number of rotatable bonds is 4. The van der Waals surface area contributed by atoms with Gasteiger partial charge in [0.2, 0.25) is 0 Å². The molecule has 0 radical (unpaired) electrons. The van der Waals surface area contributed by atoms with Gasteiger partial charge in [0, 0.05) is 0 Å². The zero-order valence-corrected chi connectivity index (χ0v) is 5.67. The van der Waals surface area contributed by atoms with Crippen LogP contribution >= 0.6 is 0 Å². The Labute approximate surface area is 65.2 Å². The molecule has 9 heteroatoms. The average Bonchev–Trinajstić information content (AvgIpc) is 1.96. The molecule has 0 rings (SSSR count). The summed E-state index contributed by atoms with van der Waals surface area (Å²) in [5, 5.41) is 19.2. The van der Waals surface area contributed by atoms with Gasteiger partial charge in [0.25, 0.3) is 0 Å². The fraction of sp³-hybridized carbons (Fsp3) is 0.667. The van der Waals surface area contributed by atoms with Crippen LogP contribution in [0.15, 0.2) is 0 Å². The molecule has 0 saturated carbocycles. The van der Waals surface area contributed by atoms with Crippen molar-refractivity contribution in [2.24, 2.45) is 0 Å². The Hall–Kier alpha value is -1.93. The highest BCUT2D eigenvalue weighted by Crippen LogP contribution is 1.85. The number of carbonyl (C=O) groups excluding carboxylic acids is 1. The standard InChI is InChI=1S/C3H4N2O7/c6-3(11-1-4(7)8)12-2-5(9)10/h1-2H2. The maximum absolute atomic E-state index is 10.2. The van der Waals surface area contributed by atoms with Crippen molar-refractivity contribution in [1.82, 2.24) is 0 Å². The van der Waals surface area contributed by atoms with Gasteiger partial charge in [0.15, 0.2) is 0 Å². The molecule has 68 valence electrons. The minimum atomic E-state index is -1.44. The lowest BCUT2D eigenvalue weighted by atomic mass is 11.2. The van der Waals surface area contributed by atoms with Crippen molar-refractivity contribution in [1.29, 1.82) is 0 Å². The van der Waals surface area contributed by atoms with Crippen LogP contribution in [0.1, 0.15) is 0 Å². The summed E-state index contributed by atoms with van der Waals surface area (Å²) < 4.78 is 7.58. The Kier molecular flexibility index (Phi) is 4.04. The Bertz CT molecular complexity index is 181. The smallest absolute Gasteiger partial charge is 0.368 e. The molecule has 0 aromatic rings. The minimum Gasteiger partial charge on any atom is -0.368 e. The van der Waals surface area contributed by atoms with Gasteiger partial charge in [0.05, 0.1) is 9.85 Å². The molecule has 0 aliphatic heterocycles. The van der Waals surface area contributed by atoms with Crippen LogP contribution in [-0.2, 0) is 9.47 Å². The molecule has 0 aliphatic carbocycles. The lowest BCUT2D eigenvalue weighted by Crippen LogP contribution is -2.16. The summed E-state index contributed by atoms with van der Waals surface area (Å²) in [5.74, 6) is 0. The normalized spacial score (nSPS) is 8.67. The molecule has 0 heterocycles. The third kappa shape index (κ3) is 6.19. The highest BCUT2D eigenvalue weighted by Gasteiger charge is 2.10. The van der Waals surface area contributed by atoms with E-state index in [1.165, 1.54) is 0 Å². The topological polar surface area (TPSA) is 122 Å². The number of nitrogens with zero attached hydrogens (tertiary/aromatic N) is 2. The van der Waals surface area contributed by atoms with Crippen LogP contribution in [0.4, 0.5) is 4.79 Å². The summed E-state index contributed by atoms with van der Waals surface area (Å²) in [7, 11) is 0. The monoisotopic (exact) mass is 180 g/mol. The van der Waals surface area contributed by atoms with Gasteiger partial charge in [-0.1, -0.05) is 0 Å². The van der Waals surface area contributed by atoms with Gasteiger partial charge in [-0.25, -0.2) is 4.79 Å². The average molecular weight is 180 g/mol. The van der Waals surface area contributed by atoms with Crippen LogP contribution in [0.2, 0.25) is 0 Å². The van der Waals surface area contributed by atoms with E-state index in [-0.39, 0.29) is 0 Å². The Morgan fingerprint density at radius 3 is 1.67 bits per heavy atom. The zero-order chi connectivity index (χ0) is 9.56. The highest BCUT2D eigenvalue weighted by molar-refractivity contribution is 5.59. The van der Waals surface area contributed by atoms with E-state index in [2.05, 4.69) is 9.47 Å². The summed E-state index contributed by atoms with van der Waals surface area (Å²) >= 11 is 0. The Morgan fingerprint density at radius 1 is 1.08 bits per heavy atom. The van der Waals surface area contributed by atoms with E-state index in [1.54, 1.807) is 0 Å². The summed E-state index contributed by atoms with van der Waals surface area (Å²) in [6, 6.07) is 0. The Morgan fingerprint density at radius 2 is 1.42 bits per heavy atom. The molecule has 0 aromatic heterocycles. The van der Waals surface area contributed by atoms with E-state index in [1.807, 2.05) is 0 Å². The fourth-order valence-corrected chi connectivity index (χ4v) is 0.252. The second-order valence-electron chi connectivity index (χ2n) is 1.46. The van der Waals surface area contributed by atoms with E-state index in [0.29, 0.717) is 0 Å². The molecule has 0 amide bonds. The van der Waals surface area contributed by atoms with Gasteiger partial charge >= 0.3 is 19.6 Å². The van der Waals surface area contributed by atoms with Crippen molar-refractivity contribution < 1.29 is 24.1 Å². The molecule has 0 N–H and O–H groups in total. The molecule has 0 fully saturated rings. The summed E-state index contributed by atoms with van der Waals surface area (Å²) in [6.45, 7) is -2.15. The van der Waals surface area contributed by atoms with E-state index >= 15 is 0 Å². The maximum Gasteiger partial charge on any atom is 0.518 e. The SMILES string of the molecule is O=C(OC[N+](=O)[O-])OC[N+](=O)[O-]. The number of hydrogen-bond donors (Lipinski definition) is 0. The lowest BCUT2D eigenvalue weighted by Gasteiger charge is -1.97. The predicted octanol–water partition coefficient (Wildman–Crippen LogP) is -0.392.